The van der Waals surface area contributed by atoms with Crippen LogP contribution in [-0.4, -0.2) is 20.8 Å². The lowest BCUT2D eigenvalue weighted by molar-refractivity contribution is 0.197. The van der Waals surface area contributed by atoms with E-state index in [0.29, 0.717) is 16.1 Å². The lowest BCUT2D eigenvalue weighted by atomic mass is 10.3. The van der Waals surface area contributed by atoms with Crippen LogP contribution >= 0.6 is 11.6 Å². The minimum Gasteiger partial charge on any atom is -0.464 e. The van der Waals surface area contributed by atoms with Crippen LogP contribution in [0.1, 0.15) is 0 Å². The Hall–Kier alpha value is -1.55. The fourth-order valence-corrected chi connectivity index (χ4v) is 1.41. The molecule has 0 aliphatic rings. The predicted molar refractivity (Wildman–Crippen MR) is 48.2 cm³/mol. The average Bonchev–Trinajstić information content (AvgIpc) is 2.48. The molecule has 0 radical (unpaired) electrons. The largest absolute Gasteiger partial charge is 0.464 e. The summed E-state index contributed by atoms with van der Waals surface area (Å²) >= 11 is 5.76. The van der Waals surface area contributed by atoms with Gasteiger partial charge in [0.25, 0.3) is 0 Å². The first-order valence-electron chi connectivity index (χ1n) is 3.55. The van der Waals surface area contributed by atoms with Gasteiger partial charge in [-0.2, -0.15) is 0 Å². The monoisotopic (exact) mass is 196 g/mol. The Balaban J connectivity index is 2.83. The first-order valence-corrected chi connectivity index (χ1v) is 3.93. The summed E-state index contributed by atoms with van der Waals surface area (Å²) < 4.78 is 1.10. The molecule has 66 valence electrons. The van der Waals surface area contributed by atoms with Crippen molar-refractivity contribution in [1.29, 1.82) is 0 Å². The smallest absolute Gasteiger partial charge is 0.416 e. The van der Waals surface area contributed by atoms with Gasteiger partial charge < -0.3 is 5.11 Å². The molecule has 5 heteroatoms. The summed E-state index contributed by atoms with van der Waals surface area (Å²) in [6.07, 6.45) is 1.89. The maximum absolute atomic E-state index is 10.7. The van der Waals surface area contributed by atoms with Gasteiger partial charge in [-0.3, -0.25) is 4.57 Å². The van der Waals surface area contributed by atoms with Crippen molar-refractivity contribution in [2.75, 3.05) is 0 Å². The van der Waals surface area contributed by atoms with Crippen molar-refractivity contribution in [3.8, 4) is 0 Å². The summed E-state index contributed by atoms with van der Waals surface area (Å²) in [6.45, 7) is 0. The predicted octanol–water partition coefficient (Wildman–Crippen LogP) is 2.22. The van der Waals surface area contributed by atoms with Gasteiger partial charge in [0.1, 0.15) is 5.15 Å². The SMILES string of the molecule is O=C(O)n1ccc2c(Cl)nccc21. The van der Waals surface area contributed by atoms with E-state index >= 15 is 0 Å². The van der Waals surface area contributed by atoms with E-state index in [0.717, 1.165) is 4.57 Å². The zero-order valence-electron chi connectivity index (χ0n) is 6.44. The van der Waals surface area contributed by atoms with E-state index in [1.165, 1.54) is 12.4 Å². The summed E-state index contributed by atoms with van der Waals surface area (Å²) in [5, 5.41) is 9.72. The quantitative estimate of drug-likeness (QED) is 0.658. The number of aromatic nitrogens is 2. The molecule has 0 fully saturated rings. The standard InChI is InChI=1S/C8H5ClN2O2/c9-7-5-2-4-11(8(12)13)6(5)1-3-10-7/h1-4H,(H,12,13). The minimum absolute atomic E-state index is 0.317. The van der Waals surface area contributed by atoms with Crippen LogP contribution in [0.25, 0.3) is 10.9 Å². The number of fused-ring (bicyclic) bond motifs is 1. The van der Waals surface area contributed by atoms with Crippen LogP contribution in [0.15, 0.2) is 24.5 Å². The van der Waals surface area contributed by atoms with Crippen LogP contribution in [0.3, 0.4) is 0 Å². The highest BCUT2D eigenvalue weighted by molar-refractivity contribution is 6.34. The van der Waals surface area contributed by atoms with E-state index in [4.69, 9.17) is 16.7 Å². The highest BCUT2D eigenvalue weighted by Crippen LogP contribution is 2.21. The molecule has 2 rings (SSSR count). The fraction of sp³-hybridized carbons (Fsp3) is 0. The summed E-state index contributed by atoms with van der Waals surface area (Å²) in [7, 11) is 0. The van der Waals surface area contributed by atoms with Crippen molar-refractivity contribution < 1.29 is 9.90 Å². The Labute approximate surface area is 78.4 Å². The maximum atomic E-state index is 10.7. The van der Waals surface area contributed by atoms with E-state index in [2.05, 4.69) is 4.98 Å². The Morgan fingerprint density at radius 2 is 2.31 bits per heavy atom. The molecule has 0 aromatic carbocycles. The van der Waals surface area contributed by atoms with E-state index in [9.17, 15) is 4.79 Å². The van der Waals surface area contributed by atoms with Gasteiger partial charge in [-0.1, -0.05) is 11.6 Å². The summed E-state index contributed by atoms with van der Waals surface area (Å²) in [5.41, 5.74) is 0.549. The lowest BCUT2D eigenvalue weighted by Gasteiger charge is -1.96. The van der Waals surface area contributed by atoms with Crippen LogP contribution < -0.4 is 0 Å². The molecule has 2 heterocycles. The molecule has 0 amide bonds. The molecule has 0 saturated carbocycles. The van der Waals surface area contributed by atoms with Crippen molar-refractivity contribution in [1.82, 2.24) is 9.55 Å². The van der Waals surface area contributed by atoms with E-state index in [-0.39, 0.29) is 0 Å². The topological polar surface area (TPSA) is 55.1 Å². The van der Waals surface area contributed by atoms with E-state index in [1.807, 2.05) is 0 Å². The molecule has 0 spiro atoms. The van der Waals surface area contributed by atoms with Gasteiger partial charge in [0, 0.05) is 17.8 Å². The third-order valence-electron chi connectivity index (χ3n) is 1.77. The van der Waals surface area contributed by atoms with Crippen molar-refractivity contribution >= 4 is 28.6 Å². The number of halogens is 1. The minimum atomic E-state index is -1.03. The third-order valence-corrected chi connectivity index (χ3v) is 2.08. The van der Waals surface area contributed by atoms with Gasteiger partial charge in [-0.15, -0.1) is 0 Å². The van der Waals surface area contributed by atoms with Gasteiger partial charge in [0.05, 0.1) is 5.52 Å². The number of pyridine rings is 1. The first-order chi connectivity index (χ1) is 6.20. The molecule has 2 aromatic heterocycles. The molecule has 0 unspecified atom stereocenters. The summed E-state index contributed by atoms with van der Waals surface area (Å²) in [4.78, 5) is 14.5. The van der Waals surface area contributed by atoms with Gasteiger partial charge in [-0.05, 0) is 12.1 Å². The van der Waals surface area contributed by atoms with Gasteiger partial charge >= 0.3 is 6.09 Å². The molecule has 0 aliphatic carbocycles. The molecule has 0 bridgehead atoms. The molecule has 4 nitrogen and oxygen atoms in total. The molecular weight excluding hydrogens is 192 g/mol. The van der Waals surface area contributed by atoms with Crippen LogP contribution in [0, 0.1) is 0 Å². The normalized spacial score (nSPS) is 10.5. The van der Waals surface area contributed by atoms with Gasteiger partial charge in [-0.25, -0.2) is 9.78 Å². The number of carboxylic acid groups (broad SMARTS) is 1. The Morgan fingerprint density at radius 1 is 1.54 bits per heavy atom. The average molecular weight is 197 g/mol. The number of hydrogen-bond donors (Lipinski definition) is 1. The lowest BCUT2D eigenvalue weighted by Crippen LogP contribution is -2.05. The first kappa shape index (κ1) is 8.07. The second kappa shape index (κ2) is 2.74. The number of rotatable bonds is 0. The van der Waals surface area contributed by atoms with Crippen LogP contribution in [-0.2, 0) is 0 Å². The highest BCUT2D eigenvalue weighted by Gasteiger charge is 2.08. The Kier molecular flexibility index (Phi) is 1.70. The van der Waals surface area contributed by atoms with Gasteiger partial charge in [0.2, 0.25) is 0 Å². The van der Waals surface area contributed by atoms with Crippen molar-refractivity contribution in [3.63, 3.8) is 0 Å². The molecule has 0 atom stereocenters. The summed E-state index contributed by atoms with van der Waals surface area (Å²) in [6, 6.07) is 3.23. The molecule has 13 heavy (non-hydrogen) atoms. The third kappa shape index (κ3) is 1.15. The van der Waals surface area contributed by atoms with Crippen molar-refractivity contribution in [2.24, 2.45) is 0 Å². The van der Waals surface area contributed by atoms with E-state index in [1.54, 1.807) is 12.1 Å². The second-order valence-electron chi connectivity index (χ2n) is 2.50. The Bertz CT molecular complexity index is 478. The summed E-state index contributed by atoms with van der Waals surface area (Å²) in [5.74, 6) is 0. The fourth-order valence-electron chi connectivity index (χ4n) is 1.20. The van der Waals surface area contributed by atoms with E-state index < -0.39 is 6.09 Å². The molecule has 0 aliphatic heterocycles. The molecule has 0 saturated heterocycles. The van der Waals surface area contributed by atoms with Crippen molar-refractivity contribution in [3.05, 3.63) is 29.7 Å². The van der Waals surface area contributed by atoms with Crippen LogP contribution in [0.2, 0.25) is 5.15 Å². The molecule has 2 aromatic rings. The number of hydrogen-bond acceptors (Lipinski definition) is 2. The number of nitrogens with zero attached hydrogens (tertiary/aromatic N) is 2. The molecular formula is C8H5ClN2O2. The second-order valence-corrected chi connectivity index (χ2v) is 2.86. The van der Waals surface area contributed by atoms with Crippen molar-refractivity contribution in [2.45, 2.75) is 0 Å². The highest BCUT2D eigenvalue weighted by atomic mass is 35.5. The zero-order chi connectivity index (χ0) is 9.42. The van der Waals surface area contributed by atoms with Crippen LogP contribution in [0.4, 0.5) is 4.79 Å². The maximum Gasteiger partial charge on any atom is 0.416 e. The molecule has 1 N–H and O–H groups in total. The van der Waals surface area contributed by atoms with Gasteiger partial charge in [0.15, 0.2) is 0 Å². The Morgan fingerprint density at radius 3 is 3.00 bits per heavy atom. The zero-order valence-corrected chi connectivity index (χ0v) is 7.19. The number of carbonyl (C=O) groups is 1. The van der Waals surface area contributed by atoms with Crippen LogP contribution in [0.5, 0.6) is 0 Å².